The topological polar surface area (TPSA) is 63.5 Å². The lowest BCUT2D eigenvalue weighted by molar-refractivity contribution is -0.384. The molecule has 0 aliphatic rings. The van der Waals surface area contributed by atoms with Crippen LogP contribution < -0.4 is 0 Å². The first-order valence-corrected chi connectivity index (χ1v) is 5.69. The molecule has 0 bridgehead atoms. The fourth-order valence-electron chi connectivity index (χ4n) is 1.14. The monoisotopic (exact) mass is 300 g/mol. The molecule has 0 radical (unpaired) electrons. The van der Waals surface area contributed by atoms with Gasteiger partial charge in [-0.25, -0.2) is 0 Å². The molecule has 1 rings (SSSR count). The molecule has 17 heavy (non-hydrogen) atoms. The first-order chi connectivity index (χ1) is 7.73. The molecule has 0 spiro atoms. The predicted octanol–water partition coefficient (Wildman–Crippen LogP) is 3.15. The number of non-ortho nitro benzene ring substituents is 1. The van der Waals surface area contributed by atoms with Crippen LogP contribution in [0, 0.1) is 10.1 Å². The van der Waals surface area contributed by atoms with E-state index >= 15 is 0 Å². The van der Waals surface area contributed by atoms with Gasteiger partial charge in [0.1, 0.15) is 0 Å². The summed E-state index contributed by atoms with van der Waals surface area (Å²) in [5, 5.41) is 10.5. The van der Waals surface area contributed by atoms with E-state index in [4.69, 9.17) is 0 Å². The number of amides is 1. The summed E-state index contributed by atoms with van der Waals surface area (Å²) in [6.07, 6.45) is 0. The second-order valence-electron chi connectivity index (χ2n) is 4.56. The van der Waals surface area contributed by atoms with E-state index in [-0.39, 0.29) is 17.1 Å². The lowest BCUT2D eigenvalue weighted by Crippen LogP contribution is -2.38. The number of carbonyl (C=O) groups excluding carboxylic acids is 1. The highest BCUT2D eigenvalue weighted by atomic mass is 79.9. The Morgan fingerprint density at radius 3 is 2.12 bits per heavy atom. The number of rotatable bonds is 2. The maximum Gasteiger partial charge on any atom is 0.269 e. The molecule has 0 saturated heterocycles. The van der Waals surface area contributed by atoms with Crippen molar-refractivity contribution in [1.82, 2.24) is 3.93 Å². The number of benzene rings is 1. The van der Waals surface area contributed by atoms with Crippen LogP contribution in [0.4, 0.5) is 5.69 Å². The van der Waals surface area contributed by atoms with Gasteiger partial charge in [-0.2, -0.15) is 0 Å². The van der Waals surface area contributed by atoms with E-state index in [1.165, 1.54) is 28.2 Å². The highest BCUT2D eigenvalue weighted by Gasteiger charge is 2.25. The van der Waals surface area contributed by atoms with E-state index in [0.29, 0.717) is 5.56 Å². The molecule has 1 amide bonds. The standard InChI is InChI=1S/C11H13BrN2O3/c1-11(2,3)13(12)10(15)8-4-6-9(7-5-8)14(16)17/h4-7H,1-3H3. The molecule has 1 aromatic rings. The molecule has 0 fully saturated rings. The lowest BCUT2D eigenvalue weighted by atomic mass is 10.1. The summed E-state index contributed by atoms with van der Waals surface area (Å²) in [5.74, 6) is -0.229. The van der Waals surface area contributed by atoms with Crippen LogP contribution in [0.1, 0.15) is 31.1 Å². The molecule has 92 valence electrons. The highest BCUT2D eigenvalue weighted by Crippen LogP contribution is 2.22. The number of nitrogens with zero attached hydrogens (tertiary/aromatic N) is 2. The molecule has 0 atom stereocenters. The Kier molecular flexibility index (Phi) is 3.87. The maximum atomic E-state index is 12.0. The van der Waals surface area contributed by atoms with Gasteiger partial charge in [0.05, 0.1) is 21.1 Å². The Balaban J connectivity index is 2.95. The minimum absolute atomic E-state index is 0.0292. The van der Waals surface area contributed by atoms with E-state index in [1.807, 2.05) is 20.8 Å². The molecule has 0 saturated carbocycles. The third-order valence-electron chi connectivity index (χ3n) is 2.09. The molecule has 0 aromatic heterocycles. The van der Waals surface area contributed by atoms with Gasteiger partial charge >= 0.3 is 0 Å². The van der Waals surface area contributed by atoms with Gasteiger partial charge in [0.25, 0.3) is 11.6 Å². The zero-order chi connectivity index (χ0) is 13.2. The van der Waals surface area contributed by atoms with Crippen molar-refractivity contribution in [2.75, 3.05) is 0 Å². The smallest absolute Gasteiger partial charge is 0.269 e. The zero-order valence-corrected chi connectivity index (χ0v) is 11.4. The molecule has 0 aliphatic carbocycles. The highest BCUT2D eigenvalue weighted by molar-refractivity contribution is 9.07. The number of nitro benzene ring substituents is 1. The van der Waals surface area contributed by atoms with Crippen molar-refractivity contribution < 1.29 is 9.72 Å². The van der Waals surface area contributed by atoms with E-state index in [9.17, 15) is 14.9 Å². The van der Waals surface area contributed by atoms with Crippen molar-refractivity contribution in [3.63, 3.8) is 0 Å². The SMILES string of the molecule is CC(C)(C)N(Br)C(=O)c1ccc([N+](=O)[O-])cc1. The quantitative estimate of drug-likeness (QED) is 0.479. The minimum Gasteiger partial charge on any atom is -0.269 e. The Hall–Kier alpha value is -1.43. The van der Waals surface area contributed by atoms with Crippen molar-refractivity contribution in [1.29, 1.82) is 0 Å². The molecule has 0 N–H and O–H groups in total. The summed E-state index contributed by atoms with van der Waals surface area (Å²) in [7, 11) is 0. The first kappa shape index (κ1) is 13.6. The summed E-state index contributed by atoms with van der Waals surface area (Å²) in [6.45, 7) is 5.64. The van der Waals surface area contributed by atoms with Gasteiger partial charge in [0.15, 0.2) is 0 Å². The molecule has 5 nitrogen and oxygen atoms in total. The number of hydrogen-bond donors (Lipinski definition) is 0. The van der Waals surface area contributed by atoms with Gasteiger partial charge in [-0.05, 0) is 32.9 Å². The largest absolute Gasteiger partial charge is 0.269 e. The van der Waals surface area contributed by atoms with Crippen molar-refractivity contribution in [2.45, 2.75) is 26.3 Å². The Morgan fingerprint density at radius 1 is 1.29 bits per heavy atom. The van der Waals surface area contributed by atoms with Gasteiger partial charge < -0.3 is 0 Å². The Bertz CT molecular complexity index is 437. The summed E-state index contributed by atoms with van der Waals surface area (Å²) in [4.78, 5) is 22.0. The van der Waals surface area contributed by atoms with Crippen LogP contribution in [0.15, 0.2) is 24.3 Å². The molecular formula is C11H13BrN2O3. The third-order valence-corrected chi connectivity index (χ3v) is 3.48. The molecule has 0 heterocycles. The fourth-order valence-corrected chi connectivity index (χ4v) is 1.35. The van der Waals surface area contributed by atoms with Crippen molar-refractivity contribution in [3.05, 3.63) is 39.9 Å². The summed E-state index contributed by atoms with van der Waals surface area (Å²) in [6, 6.07) is 5.52. The second kappa shape index (κ2) is 4.83. The normalized spacial score (nSPS) is 11.1. The second-order valence-corrected chi connectivity index (χ2v) is 5.27. The van der Waals surface area contributed by atoms with Gasteiger partial charge in [0, 0.05) is 23.2 Å². The Labute approximate surface area is 108 Å². The molecule has 0 aliphatic heterocycles. The van der Waals surface area contributed by atoms with Crippen molar-refractivity contribution >= 4 is 27.7 Å². The fraction of sp³-hybridized carbons (Fsp3) is 0.364. The Morgan fingerprint density at radius 2 is 1.76 bits per heavy atom. The van der Waals surface area contributed by atoms with Crippen molar-refractivity contribution in [2.24, 2.45) is 0 Å². The third kappa shape index (κ3) is 3.26. The molecule has 6 heteroatoms. The van der Waals surface area contributed by atoms with Crippen LogP contribution in [0.3, 0.4) is 0 Å². The number of nitro groups is 1. The van der Waals surface area contributed by atoms with Gasteiger partial charge in [0.2, 0.25) is 0 Å². The average Bonchev–Trinajstić information content (AvgIpc) is 2.26. The molecule has 0 unspecified atom stereocenters. The van der Waals surface area contributed by atoms with E-state index in [0.717, 1.165) is 0 Å². The van der Waals surface area contributed by atoms with E-state index in [1.54, 1.807) is 0 Å². The number of hydrogen-bond acceptors (Lipinski definition) is 3. The average molecular weight is 301 g/mol. The van der Waals surface area contributed by atoms with E-state index in [2.05, 4.69) is 16.1 Å². The summed E-state index contributed by atoms with van der Waals surface area (Å²) < 4.78 is 1.42. The van der Waals surface area contributed by atoms with Crippen LogP contribution in [0.5, 0.6) is 0 Å². The first-order valence-electron chi connectivity index (χ1n) is 4.98. The lowest BCUT2D eigenvalue weighted by Gasteiger charge is -2.29. The minimum atomic E-state index is -0.496. The van der Waals surface area contributed by atoms with Crippen LogP contribution >= 0.6 is 16.1 Å². The number of halogens is 1. The van der Waals surface area contributed by atoms with Gasteiger partial charge in [-0.15, -0.1) is 0 Å². The number of carbonyl (C=O) groups is 1. The van der Waals surface area contributed by atoms with E-state index < -0.39 is 4.92 Å². The van der Waals surface area contributed by atoms with Crippen LogP contribution in [-0.4, -0.2) is 20.3 Å². The maximum absolute atomic E-state index is 12.0. The van der Waals surface area contributed by atoms with Crippen molar-refractivity contribution in [3.8, 4) is 0 Å². The van der Waals surface area contributed by atoms with Gasteiger partial charge in [-0.3, -0.25) is 18.8 Å². The van der Waals surface area contributed by atoms with Crippen LogP contribution in [-0.2, 0) is 0 Å². The van der Waals surface area contributed by atoms with Crippen LogP contribution in [0.25, 0.3) is 0 Å². The zero-order valence-electron chi connectivity index (χ0n) is 9.81. The molecule has 1 aromatic carbocycles. The summed E-state index contributed by atoms with van der Waals surface area (Å²) >= 11 is 3.20. The summed E-state index contributed by atoms with van der Waals surface area (Å²) in [5.41, 5.74) is 0.0135. The predicted molar refractivity (Wildman–Crippen MR) is 67.9 cm³/mol. The van der Waals surface area contributed by atoms with Gasteiger partial charge in [-0.1, -0.05) is 0 Å². The van der Waals surface area contributed by atoms with Crippen LogP contribution in [0.2, 0.25) is 0 Å². The molecular weight excluding hydrogens is 288 g/mol.